The molecular formula is C14H18. The Morgan fingerprint density at radius 2 is 1.29 bits per heavy atom. The molecule has 0 N–H and O–H groups in total. The molecule has 0 amide bonds. The van der Waals surface area contributed by atoms with Crippen molar-refractivity contribution in [3.8, 4) is 0 Å². The van der Waals surface area contributed by atoms with Crippen LogP contribution in [0.5, 0.6) is 0 Å². The van der Waals surface area contributed by atoms with Crippen LogP contribution in [0.3, 0.4) is 0 Å². The van der Waals surface area contributed by atoms with Crippen molar-refractivity contribution in [3.63, 3.8) is 0 Å². The van der Waals surface area contributed by atoms with Gasteiger partial charge in [-0.05, 0) is 39.5 Å². The van der Waals surface area contributed by atoms with Crippen LogP contribution >= 0.6 is 0 Å². The molecule has 14 heavy (non-hydrogen) atoms. The van der Waals surface area contributed by atoms with Gasteiger partial charge in [-0.25, -0.2) is 0 Å². The normalized spacial score (nSPS) is 20.4. The molecule has 0 heteroatoms. The highest BCUT2D eigenvalue weighted by Gasteiger charge is 2.06. The molecule has 0 aliphatic heterocycles. The molecule has 0 nitrogen and oxygen atoms in total. The first kappa shape index (κ1) is 9.51. The highest BCUT2D eigenvalue weighted by atomic mass is 14.1. The lowest BCUT2D eigenvalue weighted by molar-refractivity contribution is 0.972. The molecule has 2 rings (SSSR count). The summed E-state index contributed by atoms with van der Waals surface area (Å²) in [5.74, 6) is 0. The third kappa shape index (κ3) is 2.25. The van der Waals surface area contributed by atoms with Gasteiger partial charge in [-0.2, -0.15) is 0 Å². The predicted molar refractivity (Wildman–Crippen MR) is 62.1 cm³/mol. The number of allylic oxidation sites excluding steroid dienone is 8. The molecule has 0 fully saturated rings. The molecule has 0 aromatic carbocycles. The Balaban J connectivity index is 1.84. The van der Waals surface area contributed by atoms with Gasteiger partial charge >= 0.3 is 0 Å². The second kappa shape index (κ2) is 4.00. The molecular weight excluding hydrogens is 168 g/mol. The second-order valence-corrected chi connectivity index (χ2v) is 4.45. The fourth-order valence-corrected chi connectivity index (χ4v) is 2.09. The lowest BCUT2D eigenvalue weighted by Crippen LogP contribution is -1.79. The number of rotatable bonds is 3. The molecule has 0 aromatic rings. The van der Waals surface area contributed by atoms with E-state index in [4.69, 9.17) is 0 Å². The smallest absolute Gasteiger partial charge is 0.0133 e. The standard InChI is InChI=1S/C14H18/c1-11-3-5-13(9-11)7-8-14-6-4-12(2)10-14/h5-6,9-10H,3-4,7-8H2,1-2H3. The van der Waals surface area contributed by atoms with Crippen molar-refractivity contribution in [2.24, 2.45) is 0 Å². The van der Waals surface area contributed by atoms with E-state index in [1.807, 2.05) is 0 Å². The summed E-state index contributed by atoms with van der Waals surface area (Å²) in [6.07, 6.45) is 14.2. The van der Waals surface area contributed by atoms with Gasteiger partial charge in [-0.1, -0.05) is 46.6 Å². The maximum Gasteiger partial charge on any atom is -0.0133 e. The highest BCUT2D eigenvalue weighted by Crippen LogP contribution is 2.26. The zero-order chi connectivity index (χ0) is 9.97. The number of hydrogen-bond acceptors (Lipinski definition) is 0. The van der Waals surface area contributed by atoms with Crippen LogP contribution < -0.4 is 0 Å². The molecule has 0 saturated heterocycles. The van der Waals surface area contributed by atoms with Gasteiger partial charge in [0.15, 0.2) is 0 Å². The van der Waals surface area contributed by atoms with Crippen molar-refractivity contribution >= 4 is 0 Å². The maximum atomic E-state index is 2.36. The first-order valence-corrected chi connectivity index (χ1v) is 5.46. The van der Waals surface area contributed by atoms with Crippen LogP contribution in [0.2, 0.25) is 0 Å². The predicted octanol–water partition coefficient (Wildman–Crippen LogP) is 4.32. The molecule has 2 aliphatic rings. The molecule has 0 spiro atoms. The summed E-state index contributed by atoms with van der Waals surface area (Å²) in [4.78, 5) is 0. The van der Waals surface area contributed by atoms with E-state index in [0.717, 1.165) is 0 Å². The minimum absolute atomic E-state index is 1.17. The van der Waals surface area contributed by atoms with E-state index in [0.29, 0.717) is 0 Å². The Labute approximate surface area is 86.7 Å². The van der Waals surface area contributed by atoms with Gasteiger partial charge in [-0.15, -0.1) is 0 Å². The van der Waals surface area contributed by atoms with Crippen LogP contribution in [0, 0.1) is 0 Å². The Morgan fingerprint density at radius 3 is 1.57 bits per heavy atom. The molecule has 0 unspecified atom stereocenters. The highest BCUT2D eigenvalue weighted by molar-refractivity contribution is 5.35. The second-order valence-electron chi connectivity index (χ2n) is 4.45. The largest absolute Gasteiger partial charge is 0.0772 e. The van der Waals surface area contributed by atoms with Crippen LogP contribution in [0.25, 0.3) is 0 Å². The lowest BCUT2D eigenvalue weighted by atomic mass is 10.1. The molecule has 0 aromatic heterocycles. The van der Waals surface area contributed by atoms with Crippen molar-refractivity contribution < 1.29 is 0 Å². The minimum Gasteiger partial charge on any atom is -0.0772 e. The topological polar surface area (TPSA) is 0 Å². The maximum absolute atomic E-state index is 2.36. The van der Waals surface area contributed by atoms with Gasteiger partial charge in [0.25, 0.3) is 0 Å². The zero-order valence-electron chi connectivity index (χ0n) is 9.14. The van der Waals surface area contributed by atoms with Gasteiger partial charge in [0.2, 0.25) is 0 Å². The Morgan fingerprint density at radius 1 is 0.857 bits per heavy atom. The van der Waals surface area contributed by atoms with Gasteiger partial charge in [0.05, 0.1) is 0 Å². The van der Waals surface area contributed by atoms with Gasteiger partial charge in [0.1, 0.15) is 0 Å². The Hall–Kier alpha value is -1.04. The molecule has 0 heterocycles. The Kier molecular flexibility index (Phi) is 2.72. The molecule has 0 saturated carbocycles. The van der Waals surface area contributed by atoms with Crippen molar-refractivity contribution in [2.45, 2.75) is 39.5 Å². The molecule has 2 aliphatic carbocycles. The van der Waals surface area contributed by atoms with E-state index < -0.39 is 0 Å². The van der Waals surface area contributed by atoms with Crippen molar-refractivity contribution in [3.05, 3.63) is 46.6 Å². The van der Waals surface area contributed by atoms with Crippen LogP contribution in [0.15, 0.2) is 46.6 Å². The third-order valence-corrected chi connectivity index (χ3v) is 2.94. The van der Waals surface area contributed by atoms with Crippen molar-refractivity contribution in [1.82, 2.24) is 0 Å². The van der Waals surface area contributed by atoms with E-state index in [1.54, 1.807) is 0 Å². The zero-order valence-corrected chi connectivity index (χ0v) is 9.14. The van der Waals surface area contributed by atoms with Crippen molar-refractivity contribution in [2.75, 3.05) is 0 Å². The van der Waals surface area contributed by atoms with Gasteiger partial charge < -0.3 is 0 Å². The average Bonchev–Trinajstić information content (AvgIpc) is 2.72. The first-order valence-electron chi connectivity index (χ1n) is 5.46. The lowest BCUT2D eigenvalue weighted by Gasteiger charge is -1.99. The summed E-state index contributed by atoms with van der Waals surface area (Å²) < 4.78 is 0. The van der Waals surface area contributed by atoms with E-state index in [2.05, 4.69) is 38.2 Å². The summed E-state index contributed by atoms with van der Waals surface area (Å²) in [5.41, 5.74) is 6.07. The van der Waals surface area contributed by atoms with Crippen LogP contribution in [-0.2, 0) is 0 Å². The average molecular weight is 186 g/mol. The fourth-order valence-electron chi connectivity index (χ4n) is 2.09. The van der Waals surface area contributed by atoms with Crippen LogP contribution in [0.4, 0.5) is 0 Å². The van der Waals surface area contributed by atoms with Crippen LogP contribution in [-0.4, -0.2) is 0 Å². The Bertz CT molecular complexity index is 312. The summed E-state index contributed by atoms with van der Waals surface area (Å²) in [7, 11) is 0. The SMILES string of the molecule is CC1=CC(CCC2=CCC(C)=C2)=CC1. The summed E-state index contributed by atoms with van der Waals surface area (Å²) in [5, 5.41) is 0. The molecule has 0 radical (unpaired) electrons. The van der Waals surface area contributed by atoms with Gasteiger partial charge in [0, 0.05) is 0 Å². The summed E-state index contributed by atoms with van der Waals surface area (Å²) in [6.45, 7) is 4.42. The first-order chi connectivity index (χ1) is 6.74. The van der Waals surface area contributed by atoms with Crippen LogP contribution in [0.1, 0.15) is 39.5 Å². The molecule has 0 bridgehead atoms. The van der Waals surface area contributed by atoms with Crippen molar-refractivity contribution in [1.29, 1.82) is 0 Å². The van der Waals surface area contributed by atoms with E-state index in [1.165, 1.54) is 48.0 Å². The molecule has 0 atom stereocenters. The molecule has 74 valence electrons. The fraction of sp³-hybridized carbons (Fsp3) is 0.429. The third-order valence-electron chi connectivity index (χ3n) is 2.94. The van der Waals surface area contributed by atoms with E-state index in [-0.39, 0.29) is 0 Å². The van der Waals surface area contributed by atoms with E-state index >= 15 is 0 Å². The summed E-state index contributed by atoms with van der Waals surface area (Å²) in [6, 6.07) is 0. The minimum atomic E-state index is 1.17. The summed E-state index contributed by atoms with van der Waals surface area (Å²) >= 11 is 0. The monoisotopic (exact) mass is 186 g/mol. The van der Waals surface area contributed by atoms with E-state index in [9.17, 15) is 0 Å². The quantitative estimate of drug-likeness (QED) is 0.615. The number of hydrogen-bond donors (Lipinski definition) is 0. The van der Waals surface area contributed by atoms with Gasteiger partial charge in [-0.3, -0.25) is 0 Å².